The Balaban J connectivity index is 2.20. The molecule has 0 saturated carbocycles. The Labute approximate surface area is 97.7 Å². The second-order valence-electron chi connectivity index (χ2n) is 3.45. The number of hydrogen-bond acceptors (Lipinski definition) is 4. The van der Waals surface area contributed by atoms with Crippen molar-refractivity contribution < 1.29 is 9.90 Å². The van der Waals surface area contributed by atoms with Gasteiger partial charge in [-0.15, -0.1) is 0 Å². The van der Waals surface area contributed by atoms with Gasteiger partial charge >= 0.3 is 0 Å². The zero-order chi connectivity index (χ0) is 12.3. The average Bonchev–Trinajstić information content (AvgIpc) is 2.76. The Morgan fingerprint density at radius 2 is 2.41 bits per heavy atom. The molecule has 0 unspecified atom stereocenters. The van der Waals surface area contributed by atoms with Gasteiger partial charge in [0.1, 0.15) is 11.6 Å². The van der Waals surface area contributed by atoms with Crippen LogP contribution in [0.25, 0.3) is 0 Å². The molecule has 1 amide bonds. The third-order valence-electron chi connectivity index (χ3n) is 2.34. The predicted molar refractivity (Wildman–Crippen MR) is 61.8 cm³/mol. The number of amides is 1. The minimum absolute atomic E-state index is 0.0100. The van der Waals surface area contributed by atoms with Crippen LogP contribution in [0.1, 0.15) is 23.0 Å². The standard InChI is InChI=1S/C11H12N4O2/c1-2-7-6-13-15-10(7)14-11(17)9-8(16)4-3-5-12-9/h3-6,16H,2H2,1H3,(H2,13,14,15,17). The van der Waals surface area contributed by atoms with Crippen LogP contribution >= 0.6 is 0 Å². The van der Waals surface area contributed by atoms with Crippen LogP contribution in [0.4, 0.5) is 5.82 Å². The minimum atomic E-state index is -0.470. The molecule has 2 aromatic rings. The van der Waals surface area contributed by atoms with Gasteiger partial charge in [0.15, 0.2) is 5.69 Å². The van der Waals surface area contributed by atoms with Gasteiger partial charge in [-0.3, -0.25) is 9.89 Å². The number of aromatic amines is 1. The lowest BCUT2D eigenvalue weighted by atomic mass is 10.2. The van der Waals surface area contributed by atoms with E-state index in [0.29, 0.717) is 5.82 Å². The van der Waals surface area contributed by atoms with E-state index in [0.717, 1.165) is 12.0 Å². The number of hydrogen-bond donors (Lipinski definition) is 3. The molecule has 88 valence electrons. The number of H-pyrrole nitrogens is 1. The van der Waals surface area contributed by atoms with Gasteiger partial charge < -0.3 is 10.4 Å². The Morgan fingerprint density at radius 3 is 3.12 bits per heavy atom. The highest BCUT2D eigenvalue weighted by molar-refractivity contribution is 6.04. The summed E-state index contributed by atoms with van der Waals surface area (Å²) in [5.74, 6) is -0.0906. The summed E-state index contributed by atoms with van der Waals surface area (Å²) in [6.45, 7) is 1.96. The highest BCUT2D eigenvalue weighted by atomic mass is 16.3. The van der Waals surface area contributed by atoms with E-state index in [1.807, 2.05) is 6.92 Å². The lowest BCUT2D eigenvalue weighted by Crippen LogP contribution is -2.15. The number of anilines is 1. The Morgan fingerprint density at radius 1 is 1.59 bits per heavy atom. The third kappa shape index (κ3) is 2.25. The molecule has 0 aliphatic rings. The molecule has 17 heavy (non-hydrogen) atoms. The highest BCUT2D eigenvalue weighted by Crippen LogP contribution is 2.16. The second-order valence-corrected chi connectivity index (χ2v) is 3.45. The van der Waals surface area contributed by atoms with Gasteiger partial charge in [0.05, 0.1) is 6.20 Å². The molecule has 2 heterocycles. The van der Waals surface area contributed by atoms with Crippen molar-refractivity contribution in [2.24, 2.45) is 0 Å². The number of aromatic hydroxyl groups is 1. The maximum atomic E-state index is 11.8. The summed E-state index contributed by atoms with van der Waals surface area (Å²) in [6.07, 6.45) is 3.84. The number of rotatable bonds is 3. The molecule has 2 aromatic heterocycles. The van der Waals surface area contributed by atoms with Crippen LogP contribution < -0.4 is 5.32 Å². The first-order chi connectivity index (χ1) is 8.22. The summed E-state index contributed by atoms with van der Waals surface area (Å²) in [6, 6.07) is 2.97. The Bertz CT molecular complexity index is 536. The van der Waals surface area contributed by atoms with E-state index >= 15 is 0 Å². The zero-order valence-corrected chi connectivity index (χ0v) is 9.27. The molecule has 0 atom stereocenters. The lowest BCUT2D eigenvalue weighted by Gasteiger charge is -2.05. The van der Waals surface area contributed by atoms with E-state index in [9.17, 15) is 9.90 Å². The number of nitrogens with one attached hydrogen (secondary N) is 2. The summed E-state index contributed by atoms with van der Waals surface area (Å²) >= 11 is 0. The maximum Gasteiger partial charge on any atom is 0.279 e. The summed E-state index contributed by atoms with van der Waals surface area (Å²) < 4.78 is 0. The smallest absolute Gasteiger partial charge is 0.279 e. The summed E-state index contributed by atoms with van der Waals surface area (Å²) in [5, 5.41) is 18.6. The summed E-state index contributed by atoms with van der Waals surface area (Å²) in [7, 11) is 0. The first-order valence-corrected chi connectivity index (χ1v) is 5.20. The van der Waals surface area contributed by atoms with Crippen LogP contribution in [-0.2, 0) is 6.42 Å². The molecule has 0 radical (unpaired) electrons. The molecule has 0 bridgehead atoms. The number of carbonyl (C=O) groups is 1. The number of carbonyl (C=O) groups excluding carboxylic acids is 1. The molecule has 6 heteroatoms. The van der Waals surface area contributed by atoms with E-state index in [2.05, 4.69) is 20.5 Å². The Hall–Kier alpha value is -2.37. The van der Waals surface area contributed by atoms with Gasteiger partial charge in [-0.05, 0) is 18.6 Å². The van der Waals surface area contributed by atoms with Crippen LogP contribution in [0, 0.1) is 0 Å². The fourth-order valence-electron chi connectivity index (χ4n) is 1.43. The van der Waals surface area contributed by atoms with Crippen LogP contribution in [0.15, 0.2) is 24.5 Å². The zero-order valence-electron chi connectivity index (χ0n) is 9.27. The van der Waals surface area contributed by atoms with Gasteiger partial charge in [-0.25, -0.2) is 4.98 Å². The molecular weight excluding hydrogens is 220 g/mol. The third-order valence-corrected chi connectivity index (χ3v) is 2.34. The first-order valence-electron chi connectivity index (χ1n) is 5.20. The normalized spacial score (nSPS) is 10.2. The fraction of sp³-hybridized carbons (Fsp3) is 0.182. The molecule has 0 aromatic carbocycles. The Kier molecular flexibility index (Phi) is 3.04. The monoisotopic (exact) mass is 232 g/mol. The molecule has 6 nitrogen and oxygen atoms in total. The molecule has 3 N–H and O–H groups in total. The van der Waals surface area contributed by atoms with Crippen molar-refractivity contribution >= 4 is 11.7 Å². The SMILES string of the molecule is CCc1cn[nH]c1NC(=O)c1ncccc1O. The lowest BCUT2D eigenvalue weighted by molar-refractivity contribution is 0.101. The highest BCUT2D eigenvalue weighted by Gasteiger charge is 2.14. The van der Waals surface area contributed by atoms with Crippen molar-refractivity contribution in [1.82, 2.24) is 15.2 Å². The fourth-order valence-corrected chi connectivity index (χ4v) is 1.43. The van der Waals surface area contributed by atoms with Crippen molar-refractivity contribution in [3.63, 3.8) is 0 Å². The first kappa shape index (κ1) is 11.1. The maximum absolute atomic E-state index is 11.8. The van der Waals surface area contributed by atoms with Crippen molar-refractivity contribution in [1.29, 1.82) is 0 Å². The predicted octanol–water partition coefficient (Wildman–Crippen LogP) is 1.32. The number of aryl methyl sites for hydroxylation is 1. The topological polar surface area (TPSA) is 90.9 Å². The van der Waals surface area contributed by atoms with E-state index in [-0.39, 0.29) is 11.4 Å². The molecule has 0 aliphatic heterocycles. The molecule has 0 aliphatic carbocycles. The molecular formula is C11H12N4O2. The van der Waals surface area contributed by atoms with Gasteiger partial charge in [0.2, 0.25) is 0 Å². The second kappa shape index (κ2) is 4.65. The van der Waals surface area contributed by atoms with Crippen LogP contribution in [-0.4, -0.2) is 26.2 Å². The minimum Gasteiger partial charge on any atom is -0.505 e. The molecule has 0 spiro atoms. The van der Waals surface area contributed by atoms with E-state index in [4.69, 9.17) is 0 Å². The van der Waals surface area contributed by atoms with Gasteiger partial charge in [0.25, 0.3) is 5.91 Å². The van der Waals surface area contributed by atoms with E-state index < -0.39 is 5.91 Å². The molecule has 0 saturated heterocycles. The molecule has 2 rings (SSSR count). The van der Waals surface area contributed by atoms with Gasteiger partial charge in [-0.1, -0.05) is 6.92 Å². The van der Waals surface area contributed by atoms with Gasteiger partial charge in [-0.2, -0.15) is 5.10 Å². The average molecular weight is 232 g/mol. The molecule has 0 fully saturated rings. The van der Waals surface area contributed by atoms with Crippen LogP contribution in [0.3, 0.4) is 0 Å². The quantitative estimate of drug-likeness (QED) is 0.744. The van der Waals surface area contributed by atoms with E-state index in [1.54, 1.807) is 12.3 Å². The summed E-state index contributed by atoms with van der Waals surface area (Å²) in [5.41, 5.74) is 0.887. The summed E-state index contributed by atoms with van der Waals surface area (Å²) in [4.78, 5) is 15.6. The van der Waals surface area contributed by atoms with Crippen molar-refractivity contribution in [2.75, 3.05) is 5.32 Å². The van der Waals surface area contributed by atoms with Crippen molar-refractivity contribution in [3.8, 4) is 5.75 Å². The van der Waals surface area contributed by atoms with Crippen molar-refractivity contribution in [2.45, 2.75) is 13.3 Å². The number of pyridine rings is 1. The largest absolute Gasteiger partial charge is 0.505 e. The number of aromatic nitrogens is 3. The van der Waals surface area contributed by atoms with E-state index in [1.165, 1.54) is 12.3 Å². The van der Waals surface area contributed by atoms with Crippen LogP contribution in [0.2, 0.25) is 0 Å². The van der Waals surface area contributed by atoms with Crippen LogP contribution in [0.5, 0.6) is 5.75 Å². The number of nitrogens with zero attached hydrogens (tertiary/aromatic N) is 2. The van der Waals surface area contributed by atoms with Crippen molar-refractivity contribution in [3.05, 3.63) is 35.8 Å². The van der Waals surface area contributed by atoms with Gasteiger partial charge in [0, 0.05) is 11.8 Å².